The van der Waals surface area contributed by atoms with Gasteiger partial charge < -0.3 is 5.32 Å². The van der Waals surface area contributed by atoms with Crippen LogP contribution in [0, 0.1) is 6.92 Å². The molecule has 0 radical (unpaired) electrons. The van der Waals surface area contributed by atoms with Crippen molar-refractivity contribution in [2.45, 2.75) is 37.1 Å². The maximum absolute atomic E-state index is 13.0. The molecule has 0 aromatic heterocycles. The number of rotatable bonds is 4. The molecule has 1 amide bonds. The highest BCUT2D eigenvalue weighted by atomic mass is 79.9. The highest BCUT2D eigenvalue weighted by molar-refractivity contribution is 9.10. The molecular weight excluding hydrogens is 416 g/mol. The van der Waals surface area contributed by atoms with Crippen molar-refractivity contribution in [3.8, 4) is 0 Å². The van der Waals surface area contributed by atoms with Gasteiger partial charge >= 0.3 is 0 Å². The van der Waals surface area contributed by atoms with Gasteiger partial charge in [-0.15, -0.1) is 0 Å². The summed E-state index contributed by atoms with van der Waals surface area (Å²) in [6, 6.07) is 13.2. The minimum absolute atomic E-state index is 0.219. The molecule has 138 valence electrons. The van der Waals surface area contributed by atoms with Crippen LogP contribution in [-0.4, -0.2) is 31.2 Å². The first-order valence-corrected chi connectivity index (χ1v) is 10.8. The maximum Gasteiger partial charge on any atom is 0.243 e. The SMILES string of the molecule is Cc1ccc(NC(=O)C2CCCCN2S(=O)(=O)c2ccccc2)c(Br)c1. The lowest BCUT2D eigenvalue weighted by Gasteiger charge is -2.33. The van der Waals surface area contributed by atoms with Gasteiger partial charge in [-0.1, -0.05) is 30.7 Å². The fraction of sp³-hybridized carbons (Fsp3) is 0.316. The van der Waals surface area contributed by atoms with Crippen molar-refractivity contribution < 1.29 is 13.2 Å². The van der Waals surface area contributed by atoms with Crippen LogP contribution < -0.4 is 5.32 Å². The van der Waals surface area contributed by atoms with Gasteiger partial charge in [0.15, 0.2) is 0 Å². The number of carbonyl (C=O) groups is 1. The second-order valence-electron chi connectivity index (χ2n) is 6.41. The minimum Gasteiger partial charge on any atom is -0.324 e. The van der Waals surface area contributed by atoms with E-state index in [1.807, 2.05) is 25.1 Å². The number of anilines is 1. The van der Waals surface area contributed by atoms with E-state index in [4.69, 9.17) is 0 Å². The van der Waals surface area contributed by atoms with Gasteiger partial charge in [0.2, 0.25) is 15.9 Å². The van der Waals surface area contributed by atoms with Crippen molar-refractivity contribution in [3.63, 3.8) is 0 Å². The lowest BCUT2D eigenvalue weighted by atomic mass is 10.0. The third-order valence-corrected chi connectivity index (χ3v) is 7.07. The van der Waals surface area contributed by atoms with E-state index in [1.165, 1.54) is 4.31 Å². The summed E-state index contributed by atoms with van der Waals surface area (Å²) in [4.78, 5) is 13.1. The molecule has 5 nitrogen and oxygen atoms in total. The Morgan fingerprint density at radius 1 is 1.15 bits per heavy atom. The molecule has 0 saturated carbocycles. The second kappa shape index (κ2) is 7.90. The largest absolute Gasteiger partial charge is 0.324 e. The molecule has 1 aliphatic heterocycles. The van der Waals surface area contributed by atoms with Crippen molar-refractivity contribution in [1.29, 1.82) is 0 Å². The highest BCUT2D eigenvalue weighted by Crippen LogP contribution is 2.28. The Kier molecular flexibility index (Phi) is 5.79. The van der Waals surface area contributed by atoms with Crippen molar-refractivity contribution in [2.24, 2.45) is 0 Å². The lowest BCUT2D eigenvalue weighted by Crippen LogP contribution is -2.49. The average molecular weight is 437 g/mol. The molecule has 1 aliphatic rings. The predicted molar refractivity (Wildman–Crippen MR) is 105 cm³/mol. The van der Waals surface area contributed by atoms with E-state index in [0.717, 1.165) is 22.9 Å². The summed E-state index contributed by atoms with van der Waals surface area (Å²) in [5.41, 5.74) is 1.71. The Morgan fingerprint density at radius 2 is 1.88 bits per heavy atom. The van der Waals surface area contributed by atoms with E-state index in [-0.39, 0.29) is 10.8 Å². The molecule has 1 heterocycles. The number of amides is 1. The third kappa shape index (κ3) is 4.00. The maximum atomic E-state index is 13.0. The lowest BCUT2D eigenvalue weighted by molar-refractivity contribution is -0.120. The van der Waals surface area contributed by atoms with Gasteiger partial charge in [-0.2, -0.15) is 4.31 Å². The van der Waals surface area contributed by atoms with Crippen molar-refractivity contribution in [3.05, 3.63) is 58.6 Å². The minimum atomic E-state index is -3.70. The molecule has 1 saturated heterocycles. The van der Waals surface area contributed by atoms with E-state index >= 15 is 0 Å². The van der Waals surface area contributed by atoms with E-state index in [0.29, 0.717) is 18.7 Å². The van der Waals surface area contributed by atoms with Crippen molar-refractivity contribution >= 4 is 37.5 Å². The van der Waals surface area contributed by atoms with Gasteiger partial charge in [0.05, 0.1) is 10.6 Å². The van der Waals surface area contributed by atoms with Gasteiger partial charge in [-0.25, -0.2) is 8.42 Å². The first kappa shape index (κ1) is 19.1. The van der Waals surface area contributed by atoms with Crippen LogP contribution in [0.1, 0.15) is 24.8 Å². The summed E-state index contributed by atoms with van der Waals surface area (Å²) in [6.45, 7) is 2.32. The van der Waals surface area contributed by atoms with Crippen LogP contribution in [0.15, 0.2) is 57.9 Å². The number of nitrogens with zero attached hydrogens (tertiary/aromatic N) is 1. The molecule has 3 rings (SSSR count). The quantitative estimate of drug-likeness (QED) is 0.788. The molecule has 7 heteroatoms. The molecule has 1 atom stereocenters. The summed E-state index contributed by atoms with van der Waals surface area (Å²) in [5, 5.41) is 2.87. The van der Waals surface area contributed by atoms with Gasteiger partial charge in [0, 0.05) is 11.0 Å². The Bertz CT molecular complexity index is 900. The first-order valence-electron chi connectivity index (χ1n) is 8.53. The molecule has 1 N–H and O–H groups in total. The number of carbonyl (C=O) groups excluding carboxylic acids is 1. The smallest absolute Gasteiger partial charge is 0.243 e. The number of piperidine rings is 1. The van der Waals surface area contributed by atoms with E-state index in [9.17, 15) is 13.2 Å². The van der Waals surface area contributed by atoms with Crippen LogP contribution >= 0.6 is 15.9 Å². The van der Waals surface area contributed by atoms with E-state index in [2.05, 4.69) is 21.2 Å². The Balaban J connectivity index is 1.86. The van der Waals surface area contributed by atoms with Gasteiger partial charge in [-0.3, -0.25) is 4.79 Å². The second-order valence-corrected chi connectivity index (χ2v) is 9.16. The Hall–Kier alpha value is -1.70. The number of benzene rings is 2. The molecule has 0 bridgehead atoms. The Labute approximate surface area is 162 Å². The Morgan fingerprint density at radius 3 is 2.58 bits per heavy atom. The first-order chi connectivity index (χ1) is 12.4. The van der Waals surface area contributed by atoms with Crippen LogP contribution in [0.3, 0.4) is 0 Å². The normalized spacial score (nSPS) is 18.5. The zero-order chi connectivity index (χ0) is 18.7. The summed E-state index contributed by atoms with van der Waals surface area (Å²) in [7, 11) is -3.70. The summed E-state index contributed by atoms with van der Waals surface area (Å²) < 4.78 is 28.1. The van der Waals surface area contributed by atoms with Crippen LogP contribution in [0.2, 0.25) is 0 Å². The van der Waals surface area contributed by atoms with E-state index in [1.54, 1.807) is 30.3 Å². The molecule has 0 aliphatic carbocycles. The predicted octanol–water partition coefficient (Wildman–Crippen LogP) is 3.94. The van der Waals surface area contributed by atoms with Gasteiger partial charge in [0.25, 0.3) is 0 Å². The fourth-order valence-electron chi connectivity index (χ4n) is 3.12. The van der Waals surface area contributed by atoms with Crippen LogP contribution in [0.5, 0.6) is 0 Å². The van der Waals surface area contributed by atoms with Crippen LogP contribution in [-0.2, 0) is 14.8 Å². The van der Waals surface area contributed by atoms with Crippen LogP contribution in [0.4, 0.5) is 5.69 Å². The number of sulfonamides is 1. The molecule has 0 spiro atoms. The molecule has 1 unspecified atom stereocenters. The average Bonchev–Trinajstić information content (AvgIpc) is 2.64. The summed E-state index contributed by atoms with van der Waals surface area (Å²) in [6.07, 6.45) is 2.10. The van der Waals surface area contributed by atoms with E-state index < -0.39 is 16.1 Å². The summed E-state index contributed by atoms with van der Waals surface area (Å²) >= 11 is 3.44. The summed E-state index contributed by atoms with van der Waals surface area (Å²) in [5.74, 6) is -0.297. The molecule has 2 aromatic rings. The van der Waals surface area contributed by atoms with Crippen LogP contribution in [0.25, 0.3) is 0 Å². The molecular formula is C19H21BrN2O3S. The van der Waals surface area contributed by atoms with Gasteiger partial charge in [-0.05, 0) is 65.5 Å². The number of halogens is 1. The zero-order valence-corrected chi connectivity index (χ0v) is 16.9. The number of hydrogen-bond acceptors (Lipinski definition) is 3. The molecule has 1 fully saturated rings. The zero-order valence-electron chi connectivity index (χ0n) is 14.5. The molecule has 2 aromatic carbocycles. The number of hydrogen-bond donors (Lipinski definition) is 1. The van der Waals surface area contributed by atoms with Crippen molar-refractivity contribution in [2.75, 3.05) is 11.9 Å². The third-order valence-electron chi connectivity index (χ3n) is 4.49. The monoisotopic (exact) mass is 436 g/mol. The van der Waals surface area contributed by atoms with Crippen molar-refractivity contribution in [1.82, 2.24) is 4.31 Å². The topological polar surface area (TPSA) is 66.5 Å². The standard InChI is InChI=1S/C19H21BrN2O3S/c1-14-10-11-17(16(20)13-14)21-19(23)18-9-5-6-12-22(18)26(24,25)15-7-3-2-4-8-15/h2-4,7-8,10-11,13,18H,5-6,9,12H2,1H3,(H,21,23). The fourth-order valence-corrected chi connectivity index (χ4v) is 5.39. The van der Waals surface area contributed by atoms with Gasteiger partial charge in [0.1, 0.15) is 6.04 Å². The number of aryl methyl sites for hydroxylation is 1. The molecule has 26 heavy (non-hydrogen) atoms. The highest BCUT2D eigenvalue weighted by Gasteiger charge is 2.37. The number of nitrogens with one attached hydrogen (secondary N) is 1.